The molecule has 4 aromatic rings. The third-order valence-electron chi connectivity index (χ3n) is 5.00. The van der Waals surface area contributed by atoms with Crippen LogP contribution in [0.3, 0.4) is 0 Å². The Morgan fingerprint density at radius 2 is 1.97 bits per heavy atom. The first-order chi connectivity index (χ1) is 15.1. The highest BCUT2D eigenvalue weighted by molar-refractivity contribution is 6.03. The van der Waals surface area contributed by atoms with E-state index < -0.39 is 11.6 Å². The zero-order valence-corrected chi connectivity index (χ0v) is 16.8. The number of methoxy groups -OCH3 is 1. The van der Waals surface area contributed by atoms with Crippen LogP contribution in [0.1, 0.15) is 27.3 Å². The van der Waals surface area contributed by atoms with E-state index in [9.17, 15) is 13.6 Å². The van der Waals surface area contributed by atoms with E-state index in [0.29, 0.717) is 40.6 Å². The number of halogens is 2. The monoisotopic (exact) mass is 422 g/mol. The Morgan fingerprint density at radius 1 is 1.10 bits per heavy atom. The largest absolute Gasteiger partial charge is 0.495 e. The van der Waals surface area contributed by atoms with Gasteiger partial charge >= 0.3 is 0 Å². The van der Waals surface area contributed by atoms with Crippen molar-refractivity contribution >= 4 is 16.8 Å². The molecule has 4 rings (SSSR count). The summed E-state index contributed by atoms with van der Waals surface area (Å²) in [6.07, 6.45) is 2.61. The number of H-pyrrole nitrogens is 1. The van der Waals surface area contributed by atoms with Gasteiger partial charge in [0, 0.05) is 11.9 Å². The quantitative estimate of drug-likeness (QED) is 0.473. The standard InChI is InChI=1S/C23H20F2N4O2/c1-31-22-16(23(30)27-13-15-4-2-3-11-26-15)7-10-20-21(22)19(28-29-20)9-6-14-5-8-17(24)18(25)12-14/h2-5,7-8,10-12H,6,9,13H2,1H3,(H,27,30)(H,28,29). The number of hydrogen-bond acceptors (Lipinski definition) is 4. The fourth-order valence-corrected chi connectivity index (χ4v) is 3.45. The van der Waals surface area contributed by atoms with Crippen LogP contribution in [-0.4, -0.2) is 28.2 Å². The Labute approximate surface area is 177 Å². The third kappa shape index (κ3) is 4.37. The van der Waals surface area contributed by atoms with E-state index in [2.05, 4.69) is 20.5 Å². The van der Waals surface area contributed by atoms with Crippen LogP contribution in [0.25, 0.3) is 10.9 Å². The second-order valence-corrected chi connectivity index (χ2v) is 6.99. The van der Waals surface area contributed by atoms with Gasteiger partial charge < -0.3 is 10.1 Å². The number of fused-ring (bicyclic) bond motifs is 1. The van der Waals surface area contributed by atoms with Gasteiger partial charge in [-0.15, -0.1) is 0 Å². The number of ether oxygens (including phenoxy) is 1. The Hall–Kier alpha value is -3.81. The number of benzene rings is 2. The molecule has 2 heterocycles. The summed E-state index contributed by atoms with van der Waals surface area (Å²) in [4.78, 5) is 17.0. The number of carbonyl (C=O) groups excluding carboxylic acids is 1. The van der Waals surface area contributed by atoms with Crippen LogP contribution in [-0.2, 0) is 19.4 Å². The van der Waals surface area contributed by atoms with E-state index in [1.807, 2.05) is 18.2 Å². The average Bonchev–Trinajstić information content (AvgIpc) is 3.21. The van der Waals surface area contributed by atoms with Crippen molar-refractivity contribution < 1.29 is 18.3 Å². The van der Waals surface area contributed by atoms with Crippen LogP contribution in [0.5, 0.6) is 5.75 Å². The molecule has 2 N–H and O–H groups in total. The van der Waals surface area contributed by atoms with Crippen LogP contribution in [0.15, 0.2) is 54.7 Å². The van der Waals surface area contributed by atoms with E-state index in [1.54, 1.807) is 24.4 Å². The SMILES string of the molecule is COc1c(C(=O)NCc2ccccn2)ccc2n[nH]c(CCc3ccc(F)c(F)c3)c12. The molecule has 0 radical (unpaired) electrons. The van der Waals surface area contributed by atoms with Crippen molar-refractivity contribution in [1.29, 1.82) is 0 Å². The fourth-order valence-electron chi connectivity index (χ4n) is 3.45. The maximum Gasteiger partial charge on any atom is 0.255 e. The van der Waals surface area contributed by atoms with Crippen LogP contribution in [0.4, 0.5) is 8.78 Å². The molecule has 0 saturated heterocycles. The molecule has 1 amide bonds. The Kier molecular flexibility index (Phi) is 5.88. The third-order valence-corrected chi connectivity index (χ3v) is 5.00. The zero-order chi connectivity index (χ0) is 21.8. The summed E-state index contributed by atoms with van der Waals surface area (Å²) in [6, 6.07) is 12.7. The lowest BCUT2D eigenvalue weighted by molar-refractivity contribution is 0.0947. The molecule has 0 fully saturated rings. The van der Waals surface area contributed by atoms with Crippen LogP contribution in [0, 0.1) is 11.6 Å². The maximum absolute atomic E-state index is 13.5. The lowest BCUT2D eigenvalue weighted by Gasteiger charge is -2.11. The summed E-state index contributed by atoms with van der Waals surface area (Å²) in [7, 11) is 1.50. The van der Waals surface area contributed by atoms with Gasteiger partial charge in [0.25, 0.3) is 5.91 Å². The molecule has 0 saturated carbocycles. The van der Waals surface area contributed by atoms with Gasteiger partial charge in [-0.3, -0.25) is 14.9 Å². The van der Waals surface area contributed by atoms with Gasteiger partial charge in [-0.1, -0.05) is 12.1 Å². The molecule has 0 atom stereocenters. The minimum absolute atomic E-state index is 0.287. The minimum Gasteiger partial charge on any atom is -0.495 e. The van der Waals surface area contributed by atoms with Crippen molar-refractivity contribution in [2.75, 3.05) is 7.11 Å². The van der Waals surface area contributed by atoms with Crippen molar-refractivity contribution in [2.45, 2.75) is 19.4 Å². The second-order valence-electron chi connectivity index (χ2n) is 6.99. The summed E-state index contributed by atoms with van der Waals surface area (Å²) < 4.78 is 32.2. The fraction of sp³-hybridized carbons (Fsp3) is 0.174. The maximum atomic E-state index is 13.5. The first-order valence-electron chi connectivity index (χ1n) is 9.73. The number of aryl methyl sites for hydroxylation is 2. The smallest absolute Gasteiger partial charge is 0.255 e. The predicted molar refractivity (Wildman–Crippen MR) is 112 cm³/mol. The highest BCUT2D eigenvalue weighted by Gasteiger charge is 2.19. The topological polar surface area (TPSA) is 79.9 Å². The van der Waals surface area contributed by atoms with E-state index >= 15 is 0 Å². The Bertz CT molecular complexity index is 1230. The molecule has 2 aromatic carbocycles. The summed E-state index contributed by atoms with van der Waals surface area (Å²) in [5, 5.41) is 10.8. The number of aromatic nitrogens is 3. The zero-order valence-electron chi connectivity index (χ0n) is 16.8. The molecule has 0 unspecified atom stereocenters. The summed E-state index contributed by atoms with van der Waals surface area (Å²) in [5.74, 6) is -1.64. The molecule has 0 spiro atoms. The first-order valence-corrected chi connectivity index (χ1v) is 9.73. The summed E-state index contributed by atoms with van der Waals surface area (Å²) >= 11 is 0. The summed E-state index contributed by atoms with van der Waals surface area (Å²) in [5.41, 5.74) is 3.17. The molecule has 6 nitrogen and oxygen atoms in total. The number of hydrogen-bond donors (Lipinski definition) is 2. The summed E-state index contributed by atoms with van der Waals surface area (Å²) in [6.45, 7) is 0.287. The van der Waals surface area contributed by atoms with Crippen LogP contribution in [0.2, 0.25) is 0 Å². The van der Waals surface area contributed by atoms with Crippen molar-refractivity contribution in [3.63, 3.8) is 0 Å². The number of nitrogens with one attached hydrogen (secondary N) is 2. The van der Waals surface area contributed by atoms with Crippen molar-refractivity contribution in [3.05, 3.63) is 88.9 Å². The first kappa shape index (κ1) is 20.5. The number of carbonyl (C=O) groups is 1. The van der Waals surface area contributed by atoms with Gasteiger partial charge in [0.2, 0.25) is 0 Å². The van der Waals surface area contributed by atoms with Gasteiger partial charge in [0.15, 0.2) is 11.6 Å². The minimum atomic E-state index is -0.878. The van der Waals surface area contributed by atoms with E-state index in [0.717, 1.165) is 17.5 Å². The van der Waals surface area contributed by atoms with E-state index in [4.69, 9.17) is 4.74 Å². The average molecular weight is 422 g/mol. The number of nitrogens with zero attached hydrogens (tertiary/aromatic N) is 2. The van der Waals surface area contributed by atoms with Crippen LogP contribution < -0.4 is 10.1 Å². The number of aromatic amines is 1. The molecule has 31 heavy (non-hydrogen) atoms. The van der Waals surface area contributed by atoms with Crippen molar-refractivity contribution in [2.24, 2.45) is 0 Å². The molecular formula is C23H20F2N4O2. The molecule has 0 bridgehead atoms. The van der Waals surface area contributed by atoms with Gasteiger partial charge in [0.05, 0.1) is 35.8 Å². The molecule has 158 valence electrons. The van der Waals surface area contributed by atoms with E-state index in [1.165, 1.54) is 13.2 Å². The molecular weight excluding hydrogens is 402 g/mol. The lowest BCUT2D eigenvalue weighted by atomic mass is 10.0. The van der Waals surface area contributed by atoms with Crippen molar-refractivity contribution in [1.82, 2.24) is 20.5 Å². The molecule has 0 aliphatic rings. The lowest BCUT2D eigenvalue weighted by Crippen LogP contribution is -2.23. The second kappa shape index (κ2) is 8.91. The number of rotatable bonds is 7. The highest BCUT2D eigenvalue weighted by atomic mass is 19.2. The van der Waals surface area contributed by atoms with Gasteiger partial charge in [-0.2, -0.15) is 5.10 Å². The van der Waals surface area contributed by atoms with Crippen molar-refractivity contribution in [3.8, 4) is 5.75 Å². The Balaban J connectivity index is 1.58. The molecule has 0 aliphatic carbocycles. The molecule has 2 aromatic heterocycles. The van der Waals surface area contributed by atoms with Crippen LogP contribution >= 0.6 is 0 Å². The molecule has 0 aliphatic heterocycles. The highest BCUT2D eigenvalue weighted by Crippen LogP contribution is 2.32. The normalized spacial score (nSPS) is 10.9. The van der Waals surface area contributed by atoms with E-state index in [-0.39, 0.29) is 12.5 Å². The predicted octanol–water partition coefficient (Wildman–Crippen LogP) is 3.96. The molecule has 8 heteroatoms. The Morgan fingerprint density at radius 3 is 2.71 bits per heavy atom. The van der Waals surface area contributed by atoms with Gasteiger partial charge in [-0.25, -0.2) is 8.78 Å². The number of amides is 1. The van der Waals surface area contributed by atoms with Gasteiger partial charge in [0.1, 0.15) is 5.75 Å². The van der Waals surface area contributed by atoms with Gasteiger partial charge in [-0.05, 0) is 54.8 Å². The number of pyridine rings is 1.